The van der Waals surface area contributed by atoms with E-state index < -0.39 is 0 Å². The number of thiophene rings is 1. The molecule has 294 valence electrons. The first-order valence-electron chi connectivity index (χ1n) is 21.3. The third-order valence-corrected chi connectivity index (χ3v) is 13.7. The standard InChI is InChI=1S/C58H36N4S/c1-3-13-38(14-4-1)51-34-44(35-52(60-51)39-15-5-2-6-16-39)62-53-20-10-7-17-45(53)47-29-25-41(33-56(47)62)40-26-30-55-49(31-40)46-18-8-11-21-54(46)61(55)43-27-23-37(24-28-43)42-32-50-48-19-9-12-22-57(48)63-58(50)59-36-42/h1-36H. The van der Waals surface area contributed by atoms with Gasteiger partial charge in [0, 0.05) is 65.6 Å². The summed E-state index contributed by atoms with van der Waals surface area (Å²) in [4.78, 5) is 11.1. The second-order valence-corrected chi connectivity index (χ2v) is 17.2. The van der Waals surface area contributed by atoms with Crippen LogP contribution in [0.2, 0.25) is 0 Å². The summed E-state index contributed by atoms with van der Waals surface area (Å²) in [5.41, 5.74) is 15.5. The number of benzene rings is 8. The maximum absolute atomic E-state index is 5.20. The molecule has 5 aromatic heterocycles. The Balaban J connectivity index is 0.936. The zero-order chi connectivity index (χ0) is 41.4. The lowest BCUT2D eigenvalue weighted by atomic mass is 10.0. The van der Waals surface area contributed by atoms with Crippen LogP contribution in [0, 0.1) is 0 Å². The first-order valence-corrected chi connectivity index (χ1v) is 22.1. The van der Waals surface area contributed by atoms with Crippen molar-refractivity contribution in [3.05, 3.63) is 219 Å². The van der Waals surface area contributed by atoms with E-state index in [0.29, 0.717) is 0 Å². The summed E-state index contributed by atoms with van der Waals surface area (Å²) in [5, 5.41) is 7.36. The van der Waals surface area contributed by atoms with Crippen LogP contribution in [0.15, 0.2) is 219 Å². The molecule has 0 saturated carbocycles. The van der Waals surface area contributed by atoms with Crippen molar-refractivity contribution in [2.24, 2.45) is 0 Å². The van der Waals surface area contributed by atoms with Crippen LogP contribution in [0.1, 0.15) is 0 Å². The molecule has 0 spiro atoms. The summed E-state index contributed by atoms with van der Waals surface area (Å²) in [6.07, 6.45) is 2.01. The largest absolute Gasteiger partial charge is 0.309 e. The molecule has 0 N–H and O–H groups in total. The van der Waals surface area contributed by atoms with E-state index in [-0.39, 0.29) is 0 Å². The molecule has 13 rings (SSSR count). The van der Waals surface area contributed by atoms with Crippen molar-refractivity contribution in [3.63, 3.8) is 0 Å². The average molecular weight is 821 g/mol. The normalized spacial score (nSPS) is 11.8. The van der Waals surface area contributed by atoms with Crippen molar-refractivity contribution < 1.29 is 0 Å². The summed E-state index contributed by atoms with van der Waals surface area (Å²) in [6, 6.07) is 76.6. The van der Waals surface area contributed by atoms with Crippen molar-refractivity contribution >= 4 is 75.3 Å². The van der Waals surface area contributed by atoms with Gasteiger partial charge in [-0.3, -0.25) is 0 Å². The monoisotopic (exact) mass is 820 g/mol. The molecular weight excluding hydrogens is 785 g/mol. The number of para-hydroxylation sites is 2. The van der Waals surface area contributed by atoms with Gasteiger partial charge >= 0.3 is 0 Å². The summed E-state index contributed by atoms with van der Waals surface area (Å²) < 4.78 is 6.08. The van der Waals surface area contributed by atoms with Gasteiger partial charge in [-0.1, -0.05) is 146 Å². The molecule has 8 aromatic carbocycles. The van der Waals surface area contributed by atoms with Gasteiger partial charge in [0.25, 0.3) is 0 Å². The van der Waals surface area contributed by atoms with Gasteiger partial charge in [0.1, 0.15) is 4.83 Å². The number of nitrogens with zero attached hydrogens (tertiary/aromatic N) is 4. The maximum atomic E-state index is 5.20. The minimum atomic E-state index is 0.941. The highest BCUT2D eigenvalue weighted by molar-refractivity contribution is 7.25. The molecule has 0 amide bonds. The summed E-state index contributed by atoms with van der Waals surface area (Å²) in [6.45, 7) is 0. The molecule has 0 bridgehead atoms. The van der Waals surface area contributed by atoms with Gasteiger partial charge in [0.2, 0.25) is 0 Å². The molecule has 13 aromatic rings. The third-order valence-electron chi connectivity index (χ3n) is 12.6. The zero-order valence-electron chi connectivity index (χ0n) is 34.0. The predicted octanol–water partition coefficient (Wildman–Crippen LogP) is 15.7. The number of hydrogen-bond acceptors (Lipinski definition) is 3. The maximum Gasteiger partial charge on any atom is 0.124 e. The van der Waals surface area contributed by atoms with E-state index in [1.807, 2.05) is 6.20 Å². The molecule has 5 heteroatoms. The average Bonchev–Trinajstić information content (AvgIpc) is 4.01. The van der Waals surface area contributed by atoms with Crippen LogP contribution in [-0.4, -0.2) is 19.1 Å². The fourth-order valence-electron chi connectivity index (χ4n) is 9.59. The Labute approximate surface area is 367 Å². The quantitative estimate of drug-likeness (QED) is 0.167. The lowest BCUT2D eigenvalue weighted by Gasteiger charge is -2.14. The van der Waals surface area contributed by atoms with Gasteiger partial charge in [0.15, 0.2) is 0 Å². The van der Waals surface area contributed by atoms with Gasteiger partial charge < -0.3 is 9.13 Å². The molecule has 5 heterocycles. The smallest absolute Gasteiger partial charge is 0.124 e. The van der Waals surface area contributed by atoms with Crippen LogP contribution >= 0.6 is 11.3 Å². The van der Waals surface area contributed by atoms with E-state index in [2.05, 4.69) is 221 Å². The van der Waals surface area contributed by atoms with Gasteiger partial charge in [-0.05, 0) is 83.4 Å². The first-order chi connectivity index (χ1) is 31.2. The fraction of sp³-hybridized carbons (Fsp3) is 0. The van der Waals surface area contributed by atoms with Crippen molar-refractivity contribution in [2.45, 2.75) is 0 Å². The molecular formula is C58H36N4S. The summed E-state index contributed by atoms with van der Waals surface area (Å²) in [7, 11) is 0. The van der Waals surface area contributed by atoms with Crippen molar-refractivity contribution in [2.75, 3.05) is 0 Å². The summed E-state index contributed by atoms with van der Waals surface area (Å²) >= 11 is 1.75. The number of rotatable bonds is 6. The highest BCUT2D eigenvalue weighted by Crippen LogP contribution is 2.40. The van der Waals surface area contributed by atoms with Crippen LogP contribution in [-0.2, 0) is 0 Å². The van der Waals surface area contributed by atoms with Crippen molar-refractivity contribution in [1.82, 2.24) is 19.1 Å². The first kappa shape index (κ1) is 35.6. The number of pyridine rings is 2. The van der Waals surface area contributed by atoms with Crippen LogP contribution in [0.5, 0.6) is 0 Å². The Morgan fingerprint density at radius 1 is 0.317 bits per heavy atom. The van der Waals surface area contributed by atoms with Gasteiger partial charge in [0.05, 0.1) is 39.1 Å². The highest BCUT2D eigenvalue weighted by atomic mass is 32.1. The number of hydrogen-bond donors (Lipinski definition) is 0. The Morgan fingerprint density at radius 2 is 0.841 bits per heavy atom. The molecule has 0 fully saturated rings. The Morgan fingerprint density at radius 3 is 1.56 bits per heavy atom. The highest BCUT2D eigenvalue weighted by Gasteiger charge is 2.18. The number of aromatic nitrogens is 4. The van der Waals surface area contributed by atoms with E-state index >= 15 is 0 Å². The second kappa shape index (κ2) is 14.2. The van der Waals surface area contributed by atoms with Gasteiger partial charge in [-0.15, -0.1) is 11.3 Å². The predicted molar refractivity (Wildman–Crippen MR) is 265 cm³/mol. The van der Waals surface area contributed by atoms with Crippen molar-refractivity contribution in [3.8, 4) is 56.1 Å². The lowest BCUT2D eigenvalue weighted by molar-refractivity contribution is 1.16. The van der Waals surface area contributed by atoms with Gasteiger partial charge in [-0.2, -0.15) is 0 Å². The van der Waals surface area contributed by atoms with Crippen LogP contribution in [0.3, 0.4) is 0 Å². The minimum absolute atomic E-state index is 0.941. The van der Waals surface area contributed by atoms with Crippen LogP contribution in [0.25, 0.3) is 120 Å². The Hall–Kier alpha value is -8.12. The molecule has 0 aliphatic heterocycles. The van der Waals surface area contributed by atoms with E-state index in [1.54, 1.807) is 11.3 Å². The molecule has 0 saturated heterocycles. The van der Waals surface area contributed by atoms with Crippen LogP contribution < -0.4 is 0 Å². The third kappa shape index (κ3) is 5.82. The summed E-state index contributed by atoms with van der Waals surface area (Å²) in [5.74, 6) is 0. The van der Waals surface area contributed by atoms with E-state index in [1.165, 1.54) is 59.2 Å². The lowest BCUT2D eigenvalue weighted by Crippen LogP contribution is -1.98. The molecule has 0 radical (unpaired) electrons. The van der Waals surface area contributed by atoms with Gasteiger partial charge in [-0.25, -0.2) is 9.97 Å². The van der Waals surface area contributed by atoms with E-state index in [9.17, 15) is 0 Å². The van der Waals surface area contributed by atoms with Crippen molar-refractivity contribution in [1.29, 1.82) is 0 Å². The SMILES string of the molecule is c1ccc(-c2cc(-n3c4ccccc4c4ccc(-c5ccc6c(c5)c5ccccc5n6-c5ccc(-c6cnc7sc8ccccc8c7c6)cc5)cc43)cc(-c3ccccc3)n2)cc1. The topological polar surface area (TPSA) is 35.6 Å². The second-order valence-electron chi connectivity index (χ2n) is 16.2. The van der Waals surface area contributed by atoms with E-state index in [0.717, 1.165) is 60.9 Å². The molecule has 0 atom stereocenters. The van der Waals surface area contributed by atoms with Crippen LogP contribution in [0.4, 0.5) is 0 Å². The number of fused-ring (bicyclic) bond motifs is 9. The molecule has 0 aliphatic carbocycles. The molecule has 0 aliphatic rings. The molecule has 4 nitrogen and oxygen atoms in total. The minimum Gasteiger partial charge on any atom is -0.309 e. The molecule has 0 unspecified atom stereocenters. The Kier molecular flexibility index (Phi) is 8.05. The Bertz CT molecular complexity index is 3840. The van der Waals surface area contributed by atoms with E-state index in [4.69, 9.17) is 9.97 Å². The zero-order valence-corrected chi connectivity index (χ0v) is 34.8. The molecule has 63 heavy (non-hydrogen) atoms. The fourth-order valence-corrected chi connectivity index (χ4v) is 10.6.